The van der Waals surface area contributed by atoms with Crippen LogP contribution >= 0.6 is 0 Å². The lowest BCUT2D eigenvalue weighted by atomic mass is 9.98. The van der Waals surface area contributed by atoms with Crippen molar-refractivity contribution in [2.45, 2.75) is 70.8 Å². The van der Waals surface area contributed by atoms with E-state index < -0.39 is 30.3 Å². The maximum Gasteiger partial charge on any atom is 0.407 e. The highest BCUT2D eigenvalue weighted by Gasteiger charge is 2.29. The number of unbranched alkanes of at least 4 members (excludes halogenated alkanes) is 4. The Morgan fingerprint density at radius 2 is 1.38 bits per heavy atom. The van der Waals surface area contributed by atoms with Gasteiger partial charge in [0.05, 0.1) is 0 Å². The molecule has 0 saturated carbocycles. The highest BCUT2D eigenvalue weighted by Crippen LogP contribution is 2.44. The molecule has 228 valence electrons. The molecule has 0 aromatic heterocycles. The zero-order chi connectivity index (χ0) is 30.5. The van der Waals surface area contributed by atoms with Crippen LogP contribution in [0.2, 0.25) is 0 Å². The fourth-order valence-corrected chi connectivity index (χ4v) is 4.99. The van der Waals surface area contributed by atoms with Crippen LogP contribution in [-0.2, 0) is 19.1 Å². The number of hydrogen-bond donors (Lipinski definition) is 3. The van der Waals surface area contributed by atoms with Gasteiger partial charge in [0.1, 0.15) is 18.8 Å². The first-order valence-electron chi connectivity index (χ1n) is 14.6. The van der Waals surface area contributed by atoms with Gasteiger partial charge in [0.15, 0.2) is 0 Å². The number of fused-ring (bicyclic) bond motifs is 3. The van der Waals surface area contributed by atoms with Crippen LogP contribution in [0.15, 0.2) is 48.5 Å². The lowest BCUT2D eigenvalue weighted by Crippen LogP contribution is -2.42. The normalized spacial score (nSPS) is 12.2. The number of carboxylic acid groups (broad SMARTS) is 1. The van der Waals surface area contributed by atoms with Crippen LogP contribution < -0.4 is 10.6 Å². The van der Waals surface area contributed by atoms with Gasteiger partial charge in [-0.3, -0.25) is 9.59 Å². The molecule has 0 radical (unpaired) electrons. The Morgan fingerprint density at radius 3 is 2.00 bits per heavy atom. The number of ether oxygens (including phenoxy) is 2. The van der Waals surface area contributed by atoms with Gasteiger partial charge in [0.2, 0.25) is 5.91 Å². The van der Waals surface area contributed by atoms with E-state index in [1.807, 2.05) is 24.3 Å². The second-order valence-corrected chi connectivity index (χ2v) is 11.4. The monoisotopic (exact) mass is 581 g/mol. The number of carboxylic acids is 1. The zero-order valence-corrected chi connectivity index (χ0v) is 24.8. The van der Waals surface area contributed by atoms with E-state index in [4.69, 9.17) is 14.6 Å². The third-order valence-corrected chi connectivity index (χ3v) is 6.91. The van der Waals surface area contributed by atoms with Crippen molar-refractivity contribution in [2.75, 3.05) is 32.8 Å². The van der Waals surface area contributed by atoms with Gasteiger partial charge in [-0.15, -0.1) is 0 Å². The van der Waals surface area contributed by atoms with Gasteiger partial charge in [-0.05, 0) is 55.9 Å². The van der Waals surface area contributed by atoms with E-state index in [9.17, 15) is 19.2 Å². The molecule has 2 aromatic rings. The summed E-state index contributed by atoms with van der Waals surface area (Å²) in [5.74, 6) is -1.34. The van der Waals surface area contributed by atoms with E-state index in [-0.39, 0.29) is 37.9 Å². The molecular formula is C32H43N3O7. The summed E-state index contributed by atoms with van der Waals surface area (Å²) in [6.45, 7) is 5.79. The third kappa shape index (κ3) is 10.4. The maximum atomic E-state index is 12.5. The predicted molar refractivity (Wildman–Crippen MR) is 159 cm³/mol. The molecule has 0 aliphatic heterocycles. The van der Waals surface area contributed by atoms with Crippen LogP contribution in [0.25, 0.3) is 11.1 Å². The summed E-state index contributed by atoms with van der Waals surface area (Å²) in [6.07, 6.45) is 3.20. The number of nitrogens with zero attached hydrogens (tertiary/aromatic N) is 1. The molecule has 3 rings (SSSR count). The molecule has 1 aliphatic rings. The average molecular weight is 582 g/mol. The van der Waals surface area contributed by atoms with Crippen LogP contribution in [0.4, 0.5) is 9.59 Å². The average Bonchev–Trinajstić information content (AvgIpc) is 3.25. The lowest BCUT2D eigenvalue weighted by molar-refractivity contribution is -0.144. The second kappa shape index (κ2) is 15.8. The van der Waals surface area contributed by atoms with E-state index in [0.717, 1.165) is 25.7 Å². The number of carbonyl (C=O) groups is 4. The molecule has 0 bridgehead atoms. The minimum absolute atomic E-state index is 0.0264. The molecule has 0 heterocycles. The Kier molecular flexibility index (Phi) is 12.2. The summed E-state index contributed by atoms with van der Waals surface area (Å²) in [4.78, 5) is 49.0. The molecule has 42 heavy (non-hydrogen) atoms. The van der Waals surface area contributed by atoms with Gasteiger partial charge in [0.25, 0.3) is 0 Å². The summed E-state index contributed by atoms with van der Waals surface area (Å²) in [5.41, 5.74) is 4.08. The van der Waals surface area contributed by atoms with Gasteiger partial charge >= 0.3 is 18.2 Å². The first kappa shape index (κ1) is 32.4. The molecule has 1 aliphatic carbocycles. The van der Waals surface area contributed by atoms with Crippen LogP contribution in [-0.4, -0.2) is 72.5 Å². The molecule has 0 fully saturated rings. The van der Waals surface area contributed by atoms with E-state index >= 15 is 0 Å². The molecule has 0 unspecified atom stereocenters. The van der Waals surface area contributed by atoms with E-state index in [1.165, 1.54) is 27.2 Å². The smallest absolute Gasteiger partial charge is 0.407 e. The van der Waals surface area contributed by atoms with Gasteiger partial charge in [0, 0.05) is 32.0 Å². The molecule has 0 saturated heterocycles. The lowest BCUT2D eigenvalue weighted by Gasteiger charge is -2.23. The van der Waals surface area contributed by atoms with Crippen molar-refractivity contribution in [3.63, 3.8) is 0 Å². The Bertz CT molecular complexity index is 1180. The molecule has 2 aromatic carbocycles. The molecule has 0 spiro atoms. The van der Waals surface area contributed by atoms with E-state index in [1.54, 1.807) is 20.8 Å². The van der Waals surface area contributed by atoms with Crippen molar-refractivity contribution in [3.05, 3.63) is 59.7 Å². The Hall–Kier alpha value is -4.08. The highest BCUT2D eigenvalue weighted by molar-refractivity contribution is 5.81. The second-order valence-electron chi connectivity index (χ2n) is 11.4. The largest absolute Gasteiger partial charge is 0.480 e. The predicted octanol–water partition coefficient (Wildman–Crippen LogP) is 5.30. The van der Waals surface area contributed by atoms with Crippen LogP contribution in [0, 0.1) is 0 Å². The standard InChI is InChI=1S/C32H43N3O7/c1-32(2,3)42-31(40)34-19-20-35(21-29(37)38)28(36)17-7-5-4-6-12-18-33-30(39)41-22-27-25-15-10-8-13-23(25)24-14-9-11-16-26(24)27/h8-11,13-16,27H,4-7,12,17-22H2,1-3H3,(H,33,39)(H,34,40)(H,37,38). The van der Waals surface area contributed by atoms with Crippen molar-refractivity contribution in [2.24, 2.45) is 0 Å². The van der Waals surface area contributed by atoms with E-state index in [0.29, 0.717) is 13.0 Å². The summed E-state index contributed by atoms with van der Waals surface area (Å²) in [7, 11) is 0. The number of amides is 3. The Balaban J connectivity index is 1.27. The highest BCUT2D eigenvalue weighted by atomic mass is 16.6. The molecule has 0 atom stereocenters. The minimum Gasteiger partial charge on any atom is -0.480 e. The minimum atomic E-state index is -1.11. The fourth-order valence-electron chi connectivity index (χ4n) is 4.99. The van der Waals surface area contributed by atoms with Crippen molar-refractivity contribution in [1.29, 1.82) is 0 Å². The number of benzene rings is 2. The maximum absolute atomic E-state index is 12.5. The number of rotatable bonds is 15. The number of carbonyl (C=O) groups excluding carboxylic acids is 3. The first-order valence-corrected chi connectivity index (χ1v) is 14.6. The first-order chi connectivity index (χ1) is 20.0. The zero-order valence-electron chi connectivity index (χ0n) is 24.8. The summed E-state index contributed by atoms with van der Waals surface area (Å²) in [6, 6.07) is 16.4. The van der Waals surface area contributed by atoms with Crippen molar-refractivity contribution >= 4 is 24.1 Å². The quantitative estimate of drug-likeness (QED) is 0.243. The van der Waals surface area contributed by atoms with Crippen molar-refractivity contribution < 1.29 is 33.8 Å². The van der Waals surface area contributed by atoms with Crippen LogP contribution in [0.5, 0.6) is 0 Å². The van der Waals surface area contributed by atoms with Gasteiger partial charge < -0.3 is 30.1 Å². The number of hydrogen-bond acceptors (Lipinski definition) is 6. The van der Waals surface area contributed by atoms with Crippen LogP contribution in [0.1, 0.15) is 76.3 Å². The summed E-state index contributed by atoms with van der Waals surface area (Å²) < 4.78 is 10.7. The van der Waals surface area contributed by atoms with Gasteiger partial charge in [-0.25, -0.2) is 9.59 Å². The van der Waals surface area contributed by atoms with Crippen molar-refractivity contribution in [3.8, 4) is 11.1 Å². The number of nitrogens with one attached hydrogen (secondary N) is 2. The van der Waals surface area contributed by atoms with Gasteiger partial charge in [-0.2, -0.15) is 0 Å². The fraction of sp³-hybridized carbons (Fsp3) is 0.500. The Labute approximate surface area is 247 Å². The number of alkyl carbamates (subject to hydrolysis) is 2. The molecule has 10 heteroatoms. The van der Waals surface area contributed by atoms with Crippen molar-refractivity contribution in [1.82, 2.24) is 15.5 Å². The molecule has 3 amide bonds. The number of aliphatic carboxylic acids is 1. The van der Waals surface area contributed by atoms with Gasteiger partial charge in [-0.1, -0.05) is 67.8 Å². The van der Waals surface area contributed by atoms with E-state index in [2.05, 4.69) is 34.9 Å². The molecule has 10 nitrogen and oxygen atoms in total. The molecule has 3 N–H and O–H groups in total. The summed E-state index contributed by atoms with van der Waals surface area (Å²) in [5, 5.41) is 14.5. The SMILES string of the molecule is CC(C)(C)OC(=O)NCCN(CC(=O)O)C(=O)CCCCCCCNC(=O)OCC1c2ccccc2-c2ccccc21. The Morgan fingerprint density at radius 1 is 0.810 bits per heavy atom. The summed E-state index contributed by atoms with van der Waals surface area (Å²) >= 11 is 0. The topological polar surface area (TPSA) is 134 Å². The molecular weight excluding hydrogens is 538 g/mol. The third-order valence-electron chi connectivity index (χ3n) is 6.91. The van der Waals surface area contributed by atoms with Crippen LogP contribution in [0.3, 0.4) is 0 Å².